The highest BCUT2D eigenvalue weighted by atomic mass is 35.5. The molecule has 0 bridgehead atoms. The van der Waals surface area contributed by atoms with E-state index in [1.165, 1.54) is 0 Å². The molecule has 2 rings (SSSR count). The second kappa shape index (κ2) is 8.39. The van der Waals surface area contributed by atoms with Crippen molar-refractivity contribution >= 4 is 17.5 Å². The fraction of sp³-hybridized carbons (Fsp3) is 0.588. The minimum absolute atomic E-state index is 0.152. The van der Waals surface area contributed by atoms with Crippen LogP contribution >= 0.6 is 11.6 Å². The highest BCUT2D eigenvalue weighted by Gasteiger charge is 2.25. The van der Waals surface area contributed by atoms with E-state index in [0.717, 1.165) is 25.9 Å². The van der Waals surface area contributed by atoms with Gasteiger partial charge in [0.05, 0.1) is 11.6 Å². The van der Waals surface area contributed by atoms with Crippen LogP contribution in [0.5, 0.6) is 5.75 Å². The average Bonchev–Trinajstić information content (AvgIpc) is 2.53. The van der Waals surface area contributed by atoms with Crippen molar-refractivity contribution in [2.75, 3.05) is 19.7 Å². The summed E-state index contributed by atoms with van der Waals surface area (Å²) in [6.45, 7) is 4.17. The monoisotopic (exact) mass is 324 g/mol. The van der Waals surface area contributed by atoms with E-state index in [2.05, 4.69) is 0 Å². The zero-order valence-corrected chi connectivity index (χ0v) is 13.9. The van der Waals surface area contributed by atoms with Crippen LogP contribution in [0.15, 0.2) is 24.3 Å². The molecule has 5 heteroatoms. The zero-order valence-electron chi connectivity index (χ0n) is 13.1. The Morgan fingerprint density at radius 2 is 2.27 bits per heavy atom. The topological polar surface area (TPSA) is 55.6 Å². The smallest absolute Gasteiger partial charge is 0.222 e. The minimum Gasteiger partial charge on any atom is -0.492 e. The Hall–Kier alpha value is -1.26. The number of carbonyl (C=O) groups is 1. The normalized spacial score (nSPS) is 19.8. The van der Waals surface area contributed by atoms with E-state index in [-0.39, 0.29) is 11.9 Å². The molecule has 0 radical (unpaired) electrons. The lowest BCUT2D eigenvalue weighted by Crippen LogP contribution is -2.45. The van der Waals surface area contributed by atoms with E-state index in [0.29, 0.717) is 36.1 Å². The average molecular weight is 325 g/mol. The molecule has 1 fully saturated rings. The number of halogens is 1. The quantitative estimate of drug-likeness (QED) is 0.818. The summed E-state index contributed by atoms with van der Waals surface area (Å²) in [6.07, 6.45) is 3.38. The lowest BCUT2D eigenvalue weighted by atomic mass is 9.92. The second-order valence-corrected chi connectivity index (χ2v) is 6.39. The molecule has 0 unspecified atom stereocenters. The van der Waals surface area contributed by atoms with Crippen LogP contribution in [0.2, 0.25) is 5.02 Å². The number of carbonyl (C=O) groups excluding carboxylic acids is 1. The zero-order chi connectivity index (χ0) is 15.9. The van der Waals surface area contributed by atoms with E-state index >= 15 is 0 Å². The van der Waals surface area contributed by atoms with Gasteiger partial charge in [0.1, 0.15) is 5.75 Å². The number of rotatable bonds is 6. The van der Waals surface area contributed by atoms with Gasteiger partial charge in [-0.05, 0) is 44.2 Å². The SMILES string of the molecule is C[C@@H](N)[C@H]1CCCN(C(=O)CCCOc2ccccc2Cl)C1. The van der Waals surface area contributed by atoms with Gasteiger partial charge in [0.15, 0.2) is 0 Å². The molecule has 0 saturated carbocycles. The number of benzene rings is 1. The van der Waals surface area contributed by atoms with Crippen molar-refractivity contribution in [1.29, 1.82) is 0 Å². The predicted octanol–water partition coefficient (Wildman–Crippen LogP) is 3.08. The number of hydrogen-bond acceptors (Lipinski definition) is 3. The molecule has 122 valence electrons. The van der Waals surface area contributed by atoms with Crippen LogP contribution < -0.4 is 10.5 Å². The number of ether oxygens (including phenoxy) is 1. The van der Waals surface area contributed by atoms with Gasteiger partial charge in [-0.1, -0.05) is 23.7 Å². The van der Waals surface area contributed by atoms with E-state index in [1.54, 1.807) is 6.07 Å². The molecule has 0 spiro atoms. The van der Waals surface area contributed by atoms with Crippen molar-refractivity contribution in [3.8, 4) is 5.75 Å². The molecule has 1 aromatic rings. The number of nitrogens with zero attached hydrogens (tertiary/aromatic N) is 1. The van der Waals surface area contributed by atoms with E-state index in [1.807, 2.05) is 30.0 Å². The Morgan fingerprint density at radius 1 is 1.50 bits per heavy atom. The van der Waals surface area contributed by atoms with Gasteiger partial charge in [0, 0.05) is 25.6 Å². The number of nitrogens with two attached hydrogens (primary N) is 1. The summed E-state index contributed by atoms with van der Waals surface area (Å²) < 4.78 is 5.61. The standard InChI is InChI=1S/C17H25ClN2O2/c1-13(19)14-6-4-10-20(12-14)17(21)9-5-11-22-16-8-3-2-7-15(16)18/h2-3,7-8,13-14H,4-6,9-12,19H2,1H3/t13-,14+/m1/s1. The maximum atomic E-state index is 12.2. The van der Waals surface area contributed by atoms with Gasteiger partial charge in [-0.2, -0.15) is 0 Å². The number of piperidine rings is 1. The van der Waals surface area contributed by atoms with E-state index in [4.69, 9.17) is 22.1 Å². The highest BCUT2D eigenvalue weighted by Crippen LogP contribution is 2.23. The molecule has 0 aromatic heterocycles. The Bertz CT molecular complexity index is 493. The Balaban J connectivity index is 1.70. The molecule has 22 heavy (non-hydrogen) atoms. The first-order valence-electron chi connectivity index (χ1n) is 7.98. The Kier molecular flexibility index (Phi) is 6.52. The summed E-state index contributed by atoms with van der Waals surface area (Å²) in [5.41, 5.74) is 5.96. The van der Waals surface area contributed by atoms with Crippen molar-refractivity contribution in [3.05, 3.63) is 29.3 Å². The van der Waals surface area contributed by atoms with Gasteiger partial charge < -0.3 is 15.4 Å². The number of likely N-dealkylation sites (tertiary alicyclic amines) is 1. The molecule has 1 aliphatic heterocycles. The summed E-state index contributed by atoms with van der Waals surface area (Å²) in [7, 11) is 0. The highest BCUT2D eigenvalue weighted by molar-refractivity contribution is 6.32. The first-order chi connectivity index (χ1) is 10.6. The maximum absolute atomic E-state index is 12.2. The van der Waals surface area contributed by atoms with Crippen LogP contribution in [-0.2, 0) is 4.79 Å². The Labute approximate surface area is 137 Å². The van der Waals surface area contributed by atoms with Crippen LogP contribution in [0.1, 0.15) is 32.6 Å². The van der Waals surface area contributed by atoms with Crippen molar-refractivity contribution in [1.82, 2.24) is 4.90 Å². The summed E-state index contributed by atoms with van der Waals surface area (Å²) in [6, 6.07) is 7.53. The molecule has 1 amide bonds. The fourth-order valence-corrected chi connectivity index (χ4v) is 2.98. The lowest BCUT2D eigenvalue weighted by molar-refractivity contribution is -0.133. The van der Waals surface area contributed by atoms with Crippen molar-refractivity contribution in [2.24, 2.45) is 11.7 Å². The number of para-hydroxylation sites is 1. The molecule has 1 aliphatic rings. The van der Waals surface area contributed by atoms with Gasteiger partial charge in [0.2, 0.25) is 5.91 Å². The van der Waals surface area contributed by atoms with Gasteiger partial charge >= 0.3 is 0 Å². The van der Waals surface area contributed by atoms with Crippen molar-refractivity contribution < 1.29 is 9.53 Å². The van der Waals surface area contributed by atoms with Gasteiger partial charge in [-0.3, -0.25) is 4.79 Å². The third-order valence-corrected chi connectivity index (χ3v) is 4.50. The lowest BCUT2D eigenvalue weighted by Gasteiger charge is -2.34. The molecule has 2 atom stereocenters. The molecule has 0 aliphatic carbocycles. The summed E-state index contributed by atoms with van der Waals surface area (Å²) >= 11 is 6.02. The predicted molar refractivity (Wildman–Crippen MR) is 89.1 cm³/mol. The summed E-state index contributed by atoms with van der Waals surface area (Å²) in [4.78, 5) is 14.2. The largest absolute Gasteiger partial charge is 0.492 e. The molecule has 1 saturated heterocycles. The molecule has 4 nitrogen and oxygen atoms in total. The summed E-state index contributed by atoms with van der Waals surface area (Å²) in [5.74, 6) is 1.30. The van der Waals surface area contributed by atoms with Crippen LogP contribution in [-0.4, -0.2) is 36.5 Å². The van der Waals surface area contributed by atoms with Gasteiger partial charge in [0.25, 0.3) is 0 Å². The third kappa shape index (κ3) is 4.89. The summed E-state index contributed by atoms with van der Waals surface area (Å²) in [5, 5.41) is 0.602. The van der Waals surface area contributed by atoms with Gasteiger partial charge in [-0.25, -0.2) is 0 Å². The minimum atomic E-state index is 0.152. The van der Waals surface area contributed by atoms with Crippen LogP contribution in [0.4, 0.5) is 0 Å². The maximum Gasteiger partial charge on any atom is 0.222 e. The number of amides is 1. The van der Waals surface area contributed by atoms with Crippen LogP contribution in [0, 0.1) is 5.92 Å². The van der Waals surface area contributed by atoms with E-state index < -0.39 is 0 Å². The molecule has 1 aromatic carbocycles. The Morgan fingerprint density at radius 3 is 3.00 bits per heavy atom. The second-order valence-electron chi connectivity index (χ2n) is 5.98. The molecular formula is C17H25ClN2O2. The molecule has 2 N–H and O–H groups in total. The number of hydrogen-bond donors (Lipinski definition) is 1. The third-order valence-electron chi connectivity index (χ3n) is 4.18. The first-order valence-corrected chi connectivity index (χ1v) is 8.36. The van der Waals surface area contributed by atoms with E-state index in [9.17, 15) is 4.79 Å². The van der Waals surface area contributed by atoms with Crippen molar-refractivity contribution in [2.45, 2.75) is 38.6 Å². The van der Waals surface area contributed by atoms with Crippen LogP contribution in [0.25, 0.3) is 0 Å². The molecule has 1 heterocycles. The fourth-order valence-electron chi connectivity index (χ4n) is 2.79. The van der Waals surface area contributed by atoms with Crippen LogP contribution in [0.3, 0.4) is 0 Å². The van der Waals surface area contributed by atoms with Gasteiger partial charge in [-0.15, -0.1) is 0 Å². The van der Waals surface area contributed by atoms with Crippen molar-refractivity contribution in [3.63, 3.8) is 0 Å². The molecular weight excluding hydrogens is 300 g/mol. The first kappa shape index (κ1) is 17.1.